The number of fused-ring (bicyclic) bond motifs is 1. The minimum absolute atomic E-state index is 0.506. The smallest absolute Gasteiger partial charge is 0.160 e. The van der Waals surface area contributed by atoms with Crippen molar-refractivity contribution in [2.75, 3.05) is 24.5 Å². The van der Waals surface area contributed by atoms with Crippen LogP contribution in [0.1, 0.15) is 0 Å². The number of benzene rings is 1. The lowest BCUT2D eigenvalue weighted by molar-refractivity contribution is 0.463. The Labute approximate surface area is 87.1 Å². The maximum atomic E-state index is 13.0. The molecule has 1 radical (unpaired) electrons. The molecule has 2 aliphatic rings. The molecule has 2 fully saturated rings. The molecule has 2 aliphatic heterocycles. The Morgan fingerprint density at radius 3 is 2.73 bits per heavy atom. The van der Waals surface area contributed by atoms with Crippen molar-refractivity contribution < 1.29 is 8.78 Å². The lowest BCUT2D eigenvalue weighted by atomic mass is 10.2. The minimum atomic E-state index is -0.782. The Hall–Kier alpha value is -1.16. The highest BCUT2D eigenvalue weighted by atomic mass is 19.2. The summed E-state index contributed by atoms with van der Waals surface area (Å²) in [5.41, 5.74) is 0.772. The van der Waals surface area contributed by atoms with Crippen LogP contribution < -0.4 is 4.90 Å². The number of nitrogens with zero attached hydrogens (tertiary/aromatic N) is 2. The maximum absolute atomic E-state index is 13.0. The Morgan fingerprint density at radius 1 is 1.13 bits per heavy atom. The van der Waals surface area contributed by atoms with E-state index in [-0.39, 0.29) is 0 Å². The number of piperazine rings is 1. The van der Waals surface area contributed by atoms with E-state index in [2.05, 4.69) is 16.3 Å². The molecule has 2 saturated heterocycles. The molecule has 2 unspecified atom stereocenters. The lowest BCUT2D eigenvalue weighted by Gasteiger charge is -2.28. The summed E-state index contributed by atoms with van der Waals surface area (Å²) in [4.78, 5) is 4.35. The number of halogens is 2. The second-order valence-electron chi connectivity index (χ2n) is 4.00. The first-order valence-corrected chi connectivity index (χ1v) is 5.05. The summed E-state index contributed by atoms with van der Waals surface area (Å²) in [5.74, 6) is -1.55. The zero-order valence-corrected chi connectivity index (χ0v) is 8.16. The molecule has 2 nitrogen and oxygen atoms in total. The fourth-order valence-electron chi connectivity index (χ4n) is 2.04. The monoisotopic (exact) mass is 209 g/mol. The quantitative estimate of drug-likeness (QED) is 0.648. The standard InChI is InChI=1S/C11H11F2N2/c12-10-2-1-8(5-11(10)13)14-3-4-15-7-9(15)6-14/h1-2,5,7,9H,3-4,6H2. The van der Waals surface area contributed by atoms with E-state index in [9.17, 15) is 8.78 Å². The molecule has 79 valence electrons. The summed E-state index contributed by atoms with van der Waals surface area (Å²) in [6.45, 7) is 4.90. The highest BCUT2D eigenvalue weighted by molar-refractivity contribution is 5.48. The van der Waals surface area contributed by atoms with E-state index >= 15 is 0 Å². The zero-order valence-electron chi connectivity index (χ0n) is 8.16. The average Bonchev–Trinajstić information content (AvgIpc) is 3.00. The molecule has 3 rings (SSSR count). The molecule has 0 N–H and O–H groups in total. The first-order chi connectivity index (χ1) is 7.24. The van der Waals surface area contributed by atoms with Crippen LogP contribution in [-0.2, 0) is 0 Å². The second-order valence-corrected chi connectivity index (χ2v) is 4.00. The van der Waals surface area contributed by atoms with Crippen molar-refractivity contribution in [2.24, 2.45) is 0 Å². The van der Waals surface area contributed by atoms with Crippen molar-refractivity contribution in [1.82, 2.24) is 4.90 Å². The number of hydrogen-bond acceptors (Lipinski definition) is 2. The summed E-state index contributed by atoms with van der Waals surface area (Å²) in [5, 5.41) is 0. The van der Waals surface area contributed by atoms with Crippen LogP contribution in [0.2, 0.25) is 0 Å². The highest BCUT2D eigenvalue weighted by Crippen LogP contribution is 2.30. The summed E-state index contributed by atoms with van der Waals surface area (Å²) in [6.07, 6.45) is 0. The maximum Gasteiger partial charge on any atom is 0.160 e. The first kappa shape index (κ1) is 9.09. The summed E-state index contributed by atoms with van der Waals surface area (Å²) in [6, 6.07) is 4.60. The molecule has 0 aliphatic carbocycles. The fourth-order valence-corrected chi connectivity index (χ4v) is 2.04. The van der Waals surface area contributed by atoms with Crippen molar-refractivity contribution in [3.63, 3.8) is 0 Å². The summed E-state index contributed by atoms with van der Waals surface area (Å²) < 4.78 is 25.8. The lowest BCUT2D eigenvalue weighted by Crippen LogP contribution is -2.38. The van der Waals surface area contributed by atoms with Gasteiger partial charge in [0, 0.05) is 44.0 Å². The third-order valence-electron chi connectivity index (χ3n) is 3.00. The third-order valence-corrected chi connectivity index (χ3v) is 3.00. The number of hydrogen-bond donors (Lipinski definition) is 0. The van der Waals surface area contributed by atoms with Crippen molar-refractivity contribution in [1.29, 1.82) is 0 Å². The van der Waals surface area contributed by atoms with E-state index < -0.39 is 11.6 Å². The largest absolute Gasteiger partial charge is 0.369 e. The highest BCUT2D eigenvalue weighted by Gasteiger charge is 2.39. The molecule has 15 heavy (non-hydrogen) atoms. The molecule has 0 saturated carbocycles. The Balaban J connectivity index is 1.82. The van der Waals surface area contributed by atoms with Crippen LogP contribution in [0.5, 0.6) is 0 Å². The first-order valence-electron chi connectivity index (χ1n) is 5.05. The van der Waals surface area contributed by atoms with Crippen LogP contribution in [0.4, 0.5) is 14.5 Å². The van der Waals surface area contributed by atoms with Gasteiger partial charge in [0.05, 0.1) is 0 Å². The van der Waals surface area contributed by atoms with Crippen molar-refractivity contribution in [3.8, 4) is 0 Å². The fraction of sp³-hybridized carbons (Fsp3) is 0.364. The van der Waals surface area contributed by atoms with Crippen molar-refractivity contribution in [3.05, 3.63) is 36.4 Å². The molecule has 0 aromatic heterocycles. The molecular formula is C11H11F2N2. The van der Waals surface area contributed by atoms with Crippen LogP contribution in [-0.4, -0.2) is 30.6 Å². The van der Waals surface area contributed by atoms with Gasteiger partial charge in [-0.05, 0) is 12.1 Å². The molecule has 0 amide bonds. The van der Waals surface area contributed by atoms with Gasteiger partial charge in [0.15, 0.2) is 11.6 Å². The molecule has 0 spiro atoms. The van der Waals surface area contributed by atoms with E-state index in [0.29, 0.717) is 6.04 Å². The normalized spacial score (nSPS) is 28.8. The van der Waals surface area contributed by atoms with Crippen LogP contribution in [0.25, 0.3) is 0 Å². The topological polar surface area (TPSA) is 6.25 Å². The van der Waals surface area contributed by atoms with Gasteiger partial charge < -0.3 is 4.90 Å². The Kier molecular flexibility index (Phi) is 1.92. The van der Waals surface area contributed by atoms with E-state index in [1.54, 1.807) is 6.07 Å². The van der Waals surface area contributed by atoms with Gasteiger partial charge in [0.2, 0.25) is 0 Å². The van der Waals surface area contributed by atoms with Gasteiger partial charge in [0.25, 0.3) is 0 Å². The van der Waals surface area contributed by atoms with Crippen molar-refractivity contribution in [2.45, 2.75) is 6.04 Å². The van der Waals surface area contributed by atoms with Crippen LogP contribution in [0.3, 0.4) is 0 Å². The van der Waals surface area contributed by atoms with Gasteiger partial charge in [-0.1, -0.05) is 0 Å². The molecule has 1 aromatic rings. The Bertz CT molecular complexity index is 394. The molecule has 2 heterocycles. The van der Waals surface area contributed by atoms with E-state index in [0.717, 1.165) is 25.3 Å². The van der Waals surface area contributed by atoms with E-state index in [4.69, 9.17) is 0 Å². The van der Waals surface area contributed by atoms with Crippen LogP contribution in [0.15, 0.2) is 18.2 Å². The SMILES string of the molecule is Fc1ccc(N2CCN3[CH]C3C2)cc1F. The molecule has 0 bridgehead atoms. The number of rotatable bonds is 1. The third kappa shape index (κ3) is 1.59. The van der Waals surface area contributed by atoms with Gasteiger partial charge in [0.1, 0.15) is 0 Å². The zero-order chi connectivity index (χ0) is 10.4. The second kappa shape index (κ2) is 3.17. The van der Waals surface area contributed by atoms with Crippen LogP contribution in [0, 0.1) is 18.2 Å². The number of anilines is 1. The predicted octanol–water partition coefficient (Wildman–Crippen LogP) is 1.63. The van der Waals surface area contributed by atoms with Gasteiger partial charge in [-0.3, -0.25) is 4.90 Å². The van der Waals surface area contributed by atoms with Crippen LogP contribution >= 0.6 is 0 Å². The molecule has 4 heteroatoms. The van der Waals surface area contributed by atoms with E-state index in [1.807, 2.05) is 0 Å². The van der Waals surface area contributed by atoms with Gasteiger partial charge in [-0.15, -0.1) is 0 Å². The molecular weight excluding hydrogens is 198 g/mol. The van der Waals surface area contributed by atoms with Crippen molar-refractivity contribution >= 4 is 5.69 Å². The van der Waals surface area contributed by atoms with Gasteiger partial charge in [-0.2, -0.15) is 0 Å². The summed E-state index contributed by atoms with van der Waals surface area (Å²) >= 11 is 0. The Morgan fingerprint density at radius 2 is 2.00 bits per heavy atom. The average molecular weight is 209 g/mol. The summed E-state index contributed by atoms with van der Waals surface area (Å²) in [7, 11) is 0. The van der Waals surface area contributed by atoms with E-state index in [1.165, 1.54) is 12.1 Å². The molecule has 2 atom stereocenters. The van der Waals surface area contributed by atoms with Gasteiger partial charge in [-0.25, -0.2) is 8.78 Å². The molecule has 1 aromatic carbocycles. The predicted molar refractivity (Wildman–Crippen MR) is 53.4 cm³/mol. The minimum Gasteiger partial charge on any atom is -0.369 e. The van der Waals surface area contributed by atoms with Gasteiger partial charge >= 0.3 is 0 Å².